The van der Waals surface area contributed by atoms with Crippen LogP contribution in [-0.2, 0) is 0 Å². The predicted octanol–water partition coefficient (Wildman–Crippen LogP) is 3.07. The molecule has 0 bridgehead atoms. The summed E-state index contributed by atoms with van der Waals surface area (Å²) in [5.74, 6) is 7.02. The molecule has 0 aliphatic rings. The fourth-order valence-electron chi connectivity index (χ4n) is 2.19. The summed E-state index contributed by atoms with van der Waals surface area (Å²) >= 11 is 7.11. The first kappa shape index (κ1) is 19.7. The first-order valence-corrected chi connectivity index (χ1v) is 9.48. The van der Waals surface area contributed by atoms with Gasteiger partial charge in [0.05, 0.1) is 19.1 Å². The van der Waals surface area contributed by atoms with Crippen LogP contribution in [0.2, 0.25) is 5.02 Å². The third-order valence-electron chi connectivity index (χ3n) is 3.64. The van der Waals surface area contributed by atoms with Crippen molar-refractivity contribution < 1.29 is 9.53 Å². The number of benzene rings is 2. The third-order valence-corrected chi connectivity index (χ3v) is 4.81. The Hall–Kier alpha value is -3.04. The quantitative estimate of drug-likeness (QED) is 0.191. The minimum absolute atomic E-state index is 0.0517. The first-order chi connectivity index (χ1) is 13.6. The number of rotatable bonds is 8. The van der Waals surface area contributed by atoms with Crippen LogP contribution in [0.5, 0.6) is 5.75 Å². The fraction of sp³-hybridized carbons (Fsp3) is 0.111. The molecule has 0 unspecified atom stereocenters. The average molecular weight is 417 g/mol. The molecule has 28 heavy (non-hydrogen) atoms. The van der Waals surface area contributed by atoms with Gasteiger partial charge in [-0.2, -0.15) is 5.10 Å². The average Bonchev–Trinajstić information content (AvgIpc) is 3.06. The van der Waals surface area contributed by atoms with Gasteiger partial charge >= 0.3 is 0 Å². The van der Waals surface area contributed by atoms with Crippen LogP contribution in [0.25, 0.3) is 0 Å². The van der Waals surface area contributed by atoms with Crippen LogP contribution in [0.1, 0.15) is 15.9 Å². The van der Waals surface area contributed by atoms with Crippen LogP contribution >= 0.6 is 23.4 Å². The van der Waals surface area contributed by atoms with E-state index in [0.29, 0.717) is 21.5 Å². The summed E-state index contributed by atoms with van der Waals surface area (Å²) in [6.07, 6.45) is 1.58. The molecule has 144 valence electrons. The van der Waals surface area contributed by atoms with Crippen molar-refractivity contribution in [3.63, 3.8) is 0 Å². The lowest BCUT2D eigenvalue weighted by molar-refractivity contribution is 0.102. The predicted molar refractivity (Wildman–Crippen MR) is 111 cm³/mol. The van der Waals surface area contributed by atoms with Gasteiger partial charge in [-0.25, -0.2) is 10.1 Å². The monoisotopic (exact) mass is 416 g/mol. The van der Waals surface area contributed by atoms with E-state index in [1.165, 1.54) is 16.4 Å². The Labute approximate surface area is 170 Å². The van der Waals surface area contributed by atoms with Crippen LogP contribution in [0, 0.1) is 0 Å². The lowest BCUT2D eigenvalue weighted by Crippen LogP contribution is -2.14. The number of halogens is 1. The Balaban J connectivity index is 1.57. The number of ketones is 1. The molecule has 0 spiro atoms. The van der Waals surface area contributed by atoms with Crippen molar-refractivity contribution in [2.75, 3.05) is 24.1 Å². The highest BCUT2D eigenvalue weighted by atomic mass is 35.5. The van der Waals surface area contributed by atoms with Gasteiger partial charge in [0.2, 0.25) is 5.16 Å². The van der Waals surface area contributed by atoms with Crippen LogP contribution in [0.4, 0.5) is 5.95 Å². The number of nitrogens with one attached hydrogen (secondary N) is 1. The lowest BCUT2D eigenvalue weighted by atomic mass is 10.1. The molecule has 1 aromatic heterocycles. The van der Waals surface area contributed by atoms with Gasteiger partial charge in [-0.05, 0) is 42.0 Å². The minimum Gasteiger partial charge on any atom is -0.497 e. The zero-order valence-corrected chi connectivity index (χ0v) is 16.4. The number of methoxy groups -OCH3 is 1. The van der Waals surface area contributed by atoms with Crippen LogP contribution in [-0.4, -0.2) is 39.7 Å². The van der Waals surface area contributed by atoms with Crippen molar-refractivity contribution in [1.82, 2.24) is 14.9 Å². The SMILES string of the molecule is COc1ccc(C(=O)CSc2nnc(N/N=C/c3cccc(Cl)c3)n2N)cc1. The summed E-state index contributed by atoms with van der Waals surface area (Å²) in [6.45, 7) is 0. The number of nitrogens with two attached hydrogens (primary N) is 1. The van der Waals surface area contributed by atoms with Crippen molar-refractivity contribution in [1.29, 1.82) is 0 Å². The second kappa shape index (κ2) is 9.25. The maximum atomic E-state index is 12.3. The highest BCUT2D eigenvalue weighted by Crippen LogP contribution is 2.19. The van der Waals surface area contributed by atoms with Crippen LogP contribution in [0.3, 0.4) is 0 Å². The van der Waals surface area contributed by atoms with Gasteiger partial charge in [0.1, 0.15) is 5.75 Å². The number of nitrogens with zero attached hydrogens (tertiary/aromatic N) is 4. The molecular formula is C18H17ClN6O2S. The summed E-state index contributed by atoms with van der Waals surface area (Å²) < 4.78 is 6.32. The van der Waals surface area contributed by atoms with E-state index in [1.54, 1.807) is 49.7 Å². The minimum atomic E-state index is -0.0517. The molecule has 10 heteroatoms. The number of carbonyl (C=O) groups excluding carboxylic acids is 1. The molecule has 0 aliphatic heterocycles. The standard InChI is InChI=1S/C18H17ClN6O2S/c1-27-15-7-5-13(6-8-15)16(26)11-28-18-24-23-17(25(18)20)22-21-10-12-3-2-4-14(19)9-12/h2-10H,11,20H2,1H3,(H,22,23)/b21-10+. The second-order valence-electron chi connectivity index (χ2n) is 5.54. The smallest absolute Gasteiger partial charge is 0.264 e. The number of nitrogen functional groups attached to an aromatic ring is 1. The van der Waals surface area contributed by atoms with Gasteiger partial charge in [0.25, 0.3) is 5.95 Å². The number of thioether (sulfide) groups is 1. The highest BCUT2D eigenvalue weighted by molar-refractivity contribution is 7.99. The summed E-state index contributed by atoms with van der Waals surface area (Å²) in [5, 5.41) is 13.0. The van der Waals surface area contributed by atoms with Crippen molar-refractivity contribution in [2.45, 2.75) is 5.16 Å². The number of ether oxygens (including phenoxy) is 1. The van der Waals surface area contributed by atoms with Crippen LogP contribution in [0.15, 0.2) is 58.8 Å². The molecule has 0 saturated carbocycles. The summed E-state index contributed by atoms with van der Waals surface area (Å²) in [7, 11) is 1.57. The van der Waals surface area contributed by atoms with E-state index in [1.807, 2.05) is 12.1 Å². The molecule has 0 amide bonds. The number of aromatic nitrogens is 3. The Kier molecular flexibility index (Phi) is 6.51. The number of hydrazone groups is 1. The van der Waals surface area contributed by atoms with Gasteiger partial charge in [-0.3, -0.25) is 4.79 Å². The number of hydrogen-bond acceptors (Lipinski definition) is 8. The molecule has 0 fully saturated rings. The van der Waals surface area contributed by atoms with Gasteiger partial charge in [0, 0.05) is 10.6 Å². The summed E-state index contributed by atoms with van der Waals surface area (Å²) in [4.78, 5) is 12.3. The van der Waals surface area contributed by atoms with Crippen molar-refractivity contribution >= 4 is 41.3 Å². The van der Waals surface area contributed by atoms with Gasteiger partial charge < -0.3 is 10.6 Å². The van der Waals surface area contributed by atoms with Crippen molar-refractivity contribution in [3.05, 3.63) is 64.7 Å². The fourth-order valence-corrected chi connectivity index (χ4v) is 3.14. The van der Waals surface area contributed by atoms with E-state index < -0.39 is 0 Å². The van der Waals surface area contributed by atoms with Gasteiger partial charge in [-0.15, -0.1) is 10.2 Å². The van der Waals surface area contributed by atoms with E-state index >= 15 is 0 Å². The van der Waals surface area contributed by atoms with Crippen molar-refractivity contribution in [2.24, 2.45) is 5.10 Å². The third kappa shape index (κ3) is 5.02. The molecule has 0 saturated heterocycles. The molecule has 8 nitrogen and oxygen atoms in total. The molecule has 0 radical (unpaired) electrons. The number of carbonyl (C=O) groups is 1. The van der Waals surface area contributed by atoms with Crippen molar-refractivity contribution in [3.8, 4) is 5.75 Å². The molecule has 2 aromatic carbocycles. The number of Topliss-reactive ketones (excluding diaryl/α,β-unsaturated/α-hetero) is 1. The topological polar surface area (TPSA) is 107 Å². The zero-order valence-electron chi connectivity index (χ0n) is 14.9. The molecule has 3 N–H and O–H groups in total. The maximum Gasteiger partial charge on any atom is 0.264 e. The molecule has 3 aromatic rings. The van der Waals surface area contributed by atoms with Crippen LogP contribution < -0.4 is 16.0 Å². The normalized spacial score (nSPS) is 10.9. The largest absolute Gasteiger partial charge is 0.497 e. The Morgan fingerprint density at radius 2 is 2.11 bits per heavy atom. The van der Waals surface area contributed by atoms with E-state index in [0.717, 1.165) is 5.56 Å². The van der Waals surface area contributed by atoms with E-state index in [2.05, 4.69) is 20.7 Å². The Morgan fingerprint density at radius 1 is 1.32 bits per heavy atom. The highest BCUT2D eigenvalue weighted by Gasteiger charge is 2.13. The molecule has 0 atom stereocenters. The second-order valence-corrected chi connectivity index (χ2v) is 6.92. The Morgan fingerprint density at radius 3 is 2.82 bits per heavy atom. The molecule has 0 aliphatic carbocycles. The molecule has 3 rings (SSSR count). The Bertz CT molecular complexity index is 990. The first-order valence-electron chi connectivity index (χ1n) is 8.12. The van der Waals surface area contributed by atoms with E-state index in [-0.39, 0.29) is 17.5 Å². The lowest BCUT2D eigenvalue weighted by Gasteiger charge is -2.04. The number of hydrogen-bond donors (Lipinski definition) is 2. The molecule has 1 heterocycles. The van der Waals surface area contributed by atoms with Gasteiger partial charge in [0.15, 0.2) is 5.78 Å². The zero-order chi connectivity index (χ0) is 19.9. The van der Waals surface area contributed by atoms with Gasteiger partial charge in [-0.1, -0.05) is 35.5 Å². The van der Waals surface area contributed by atoms with E-state index in [9.17, 15) is 4.79 Å². The van der Waals surface area contributed by atoms with E-state index in [4.69, 9.17) is 22.2 Å². The molecular weight excluding hydrogens is 400 g/mol. The number of anilines is 1. The summed E-state index contributed by atoms with van der Waals surface area (Å²) in [6, 6.07) is 14.1. The summed E-state index contributed by atoms with van der Waals surface area (Å²) in [5.41, 5.74) is 4.12. The maximum absolute atomic E-state index is 12.3.